The summed E-state index contributed by atoms with van der Waals surface area (Å²) in [6, 6.07) is 18.9. The van der Waals surface area contributed by atoms with Crippen LogP contribution in [-0.2, 0) is 6.54 Å². The Labute approximate surface area is 228 Å². The van der Waals surface area contributed by atoms with Gasteiger partial charge in [-0.3, -0.25) is 4.79 Å². The molecule has 3 heterocycles. The van der Waals surface area contributed by atoms with Crippen LogP contribution in [0.4, 0.5) is 4.79 Å². The number of amides is 3. The Kier molecular flexibility index (Phi) is 7.65. The van der Waals surface area contributed by atoms with E-state index in [0.29, 0.717) is 30.9 Å². The van der Waals surface area contributed by atoms with Crippen LogP contribution in [0.2, 0.25) is 0 Å². The fraction of sp³-hybridized carbons (Fsp3) is 0.323. The number of hydrogen-bond acceptors (Lipinski definition) is 5. The average molecular weight is 527 g/mol. The van der Waals surface area contributed by atoms with Gasteiger partial charge in [-0.05, 0) is 56.5 Å². The molecule has 4 aromatic rings. The summed E-state index contributed by atoms with van der Waals surface area (Å²) in [5.74, 6) is 0.481. The van der Waals surface area contributed by atoms with Crippen LogP contribution >= 0.6 is 0 Å². The van der Waals surface area contributed by atoms with Gasteiger partial charge in [0.05, 0.1) is 11.7 Å². The number of aliphatic hydroxyl groups is 1. The molecule has 0 saturated heterocycles. The molecule has 8 nitrogen and oxygen atoms in total. The van der Waals surface area contributed by atoms with Crippen LogP contribution in [-0.4, -0.2) is 46.1 Å². The Morgan fingerprint density at radius 3 is 2.64 bits per heavy atom. The minimum Gasteiger partial charge on any atom is -0.456 e. The first-order chi connectivity index (χ1) is 18.9. The predicted molar refractivity (Wildman–Crippen MR) is 151 cm³/mol. The number of aromatic nitrogens is 1. The molecule has 0 bridgehead atoms. The molecule has 202 valence electrons. The van der Waals surface area contributed by atoms with Crippen molar-refractivity contribution in [3.05, 3.63) is 77.5 Å². The van der Waals surface area contributed by atoms with Crippen molar-refractivity contribution < 1.29 is 19.1 Å². The summed E-state index contributed by atoms with van der Waals surface area (Å²) >= 11 is 0. The van der Waals surface area contributed by atoms with Gasteiger partial charge in [0.25, 0.3) is 5.91 Å². The molecule has 0 radical (unpaired) electrons. The molecule has 0 fully saturated rings. The molecular formula is C31H34N4O4. The largest absolute Gasteiger partial charge is 0.456 e. The van der Waals surface area contributed by atoms with E-state index in [1.807, 2.05) is 75.4 Å². The van der Waals surface area contributed by atoms with Crippen molar-refractivity contribution in [2.45, 2.75) is 52.2 Å². The maximum Gasteiger partial charge on any atom is 0.318 e. The lowest BCUT2D eigenvalue weighted by Crippen LogP contribution is -2.42. The smallest absolute Gasteiger partial charge is 0.318 e. The van der Waals surface area contributed by atoms with E-state index in [1.165, 1.54) is 0 Å². The third-order valence-electron chi connectivity index (χ3n) is 6.88. The van der Waals surface area contributed by atoms with E-state index >= 15 is 0 Å². The van der Waals surface area contributed by atoms with E-state index < -0.39 is 0 Å². The van der Waals surface area contributed by atoms with Gasteiger partial charge < -0.3 is 25.1 Å². The Morgan fingerprint density at radius 2 is 1.90 bits per heavy atom. The Morgan fingerprint density at radius 1 is 1.10 bits per heavy atom. The van der Waals surface area contributed by atoms with Crippen molar-refractivity contribution >= 4 is 22.9 Å². The second kappa shape index (κ2) is 11.3. The van der Waals surface area contributed by atoms with Gasteiger partial charge in [-0.15, -0.1) is 0 Å². The molecule has 2 aromatic heterocycles. The first-order valence-corrected chi connectivity index (χ1v) is 13.5. The molecule has 0 aliphatic carbocycles. The van der Waals surface area contributed by atoms with E-state index in [4.69, 9.17) is 9.40 Å². The molecule has 8 heteroatoms. The third-order valence-corrected chi connectivity index (χ3v) is 6.88. The number of furan rings is 1. The Balaban J connectivity index is 1.63. The molecule has 2 aromatic carbocycles. The maximum absolute atomic E-state index is 13.2. The van der Waals surface area contributed by atoms with Crippen molar-refractivity contribution in [3.63, 3.8) is 0 Å². The molecule has 1 aliphatic rings. The monoisotopic (exact) mass is 526 g/mol. The summed E-state index contributed by atoms with van der Waals surface area (Å²) in [4.78, 5) is 32.8. The molecule has 0 saturated carbocycles. The van der Waals surface area contributed by atoms with E-state index in [1.54, 1.807) is 11.0 Å². The van der Waals surface area contributed by atoms with Crippen LogP contribution in [0.25, 0.3) is 33.6 Å². The number of para-hydroxylation sites is 1. The minimum atomic E-state index is -0.381. The van der Waals surface area contributed by atoms with Gasteiger partial charge in [0.15, 0.2) is 0 Å². The van der Waals surface area contributed by atoms with Crippen molar-refractivity contribution in [1.29, 1.82) is 0 Å². The topological polar surface area (TPSA) is 108 Å². The highest BCUT2D eigenvalue weighted by atomic mass is 16.3. The lowest BCUT2D eigenvalue weighted by Gasteiger charge is -2.26. The van der Waals surface area contributed by atoms with Gasteiger partial charge in [-0.1, -0.05) is 43.3 Å². The number of urea groups is 1. The molecule has 0 unspecified atom stereocenters. The summed E-state index contributed by atoms with van der Waals surface area (Å²) in [6.45, 7) is 6.60. The highest BCUT2D eigenvalue weighted by molar-refractivity contribution is 5.94. The quantitative estimate of drug-likeness (QED) is 0.275. The van der Waals surface area contributed by atoms with Crippen LogP contribution in [0.3, 0.4) is 0 Å². The van der Waals surface area contributed by atoms with Crippen molar-refractivity contribution in [2.24, 2.45) is 0 Å². The second-order valence-electron chi connectivity index (χ2n) is 10.2. The van der Waals surface area contributed by atoms with Crippen LogP contribution < -0.4 is 10.6 Å². The second-order valence-corrected chi connectivity index (χ2v) is 10.2. The highest BCUT2D eigenvalue weighted by Crippen LogP contribution is 2.42. The highest BCUT2D eigenvalue weighted by Gasteiger charge is 2.37. The van der Waals surface area contributed by atoms with Crippen LogP contribution in [0.5, 0.6) is 0 Å². The summed E-state index contributed by atoms with van der Waals surface area (Å²) in [5, 5.41) is 16.8. The number of fused-ring (bicyclic) bond motifs is 2. The molecule has 1 atom stereocenters. The number of pyridine rings is 1. The van der Waals surface area contributed by atoms with Crippen LogP contribution in [0, 0.1) is 0 Å². The SMILES string of the molecule is CCCNC(=O)c1cc2c(c(-c3cccc(-c4cc5ccccc5o4)c3)n1)[C@@H](CCO)N(C(=O)NC(C)C)C2. The molecule has 39 heavy (non-hydrogen) atoms. The number of hydrogen-bond donors (Lipinski definition) is 3. The number of benzene rings is 2. The lowest BCUT2D eigenvalue weighted by molar-refractivity contribution is 0.0948. The summed E-state index contributed by atoms with van der Waals surface area (Å²) in [5.41, 5.74) is 5.14. The molecule has 5 rings (SSSR count). The summed E-state index contributed by atoms with van der Waals surface area (Å²) < 4.78 is 6.11. The lowest BCUT2D eigenvalue weighted by atomic mass is 9.94. The number of aliphatic hydroxyl groups excluding tert-OH is 1. The fourth-order valence-electron chi connectivity index (χ4n) is 5.14. The predicted octanol–water partition coefficient (Wildman–Crippen LogP) is 5.66. The molecule has 3 amide bonds. The van der Waals surface area contributed by atoms with E-state index in [-0.39, 0.29) is 30.6 Å². The zero-order valence-corrected chi connectivity index (χ0v) is 22.5. The molecular weight excluding hydrogens is 492 g/mol. The number of nitrogens with zero attached hydrogens (tertiary/aromatic N) is 2. The van der Waals surface area contributed by atoms with Crippen molar-refractivity contribution in [3.8, 4) is 22.6 Å². The van der Waals surface area contributed by atoms with Gasteiger partial charge in [0.1, 0.15) is 17.0 Å². The summed E-state index contributed by atoms with van der Waals surface area (Å²) in [7, 11) is 0. The first kappa shape index (κ1) is 26.4. The third kappa shape index (κ3) is 5.38. The molecule has 0 spiro atoms. The molecule has 1 aliphatic heterocycles. The zero-order valence-electron chi connectivity index (χ0n) is 22.5. The van der Waals surface area contributed by atoms with Crippen molar-refractivity contribution in [1.82, 2.24) is 20.5 Å². The standard InChI is InChI=1S/C31H34N4O4/c1-4-13-32-30(37)24-16-23-18-35(31(38)33-19(2)3)25(12-14-36)28(23)29(34-24)22-10-7-9-20(15-22)27-17-21-8-5-6-11-26(21)39-27/h5-11,15-17,19,25,36H,4,12-14,18H2,1-3H3,(H,32,37)(H,33,38)/t25-/m1/s1. The fourth-order valence-corrected chi connectivity index (χ4v) is 5.14. The first-order valence-electron chi connectivity index (χ1n) is 13.5. The number of carbonyl (C=O) groups is 2. The van der Waals surface area contributed by atoms with Crippen LogP contribution in [0.15, 0.2) is 65.1 Å². The van der Waals surface area contributed by atoms with E-state index in [0.717, 1.165) is 45.4 Å². The van der Waals surface area contributed by atoms with Crippen molar-refractivity contribution in [2.75, 3.05) is 13.2 Å². The maximum atomic E-state index is 13.2. The van der Waals surface area contributed by atoms with Gasteiger partial charge in [-0.2, -0.15) is 0 Å². The Hall–Kier alpha value is -4.17. The average Bonchev–Trinajstić information content (AvgIpc) is 3.53. The van der Waals surface area contributed by atoms with Crippen LogP contribution in [0.1, 0.15) is 61.3 Å². The summed E-state index contributed by atoms with van der Waals surface area (Å²) in [6.07, 6.45) is 1.17. The number of rotatable bonds is 8. The van der Waals surface area contributed by atoms with Gasteiger partial charge >= 0.3 is 6.03 Å². The zero-order chi connectivity index (χ0) is 27.5. The normalized spacial score (nSPS) is 14.6. The van der Waals surface area contributed by atoms with Gasteiger partial charge in [-0.25, -0.2) is 9.78 Å². The minimum absolute atomic E-state index is 0.0375. The van der Waals surface area contributed by atoms with Gasteiger partial charge in [0.2, 0.25) is 0 Å². The molecule has 3 N–H and O–H groups in total. The van der Waals surface area contributed by atoms with E-state index in [9.17, 15) is 14.7 Å². The number of nitrogens with one attached hydrogen (secondary N) is 2. The number of carbonyl (C=O) groups excluding carboxylic acids is 2. The Bertz CT molecular complexity index is 1480. The van der Waals surface area contributed by atoms with Gasteiger partial charge in [0, 0.05) is 47.8 Å². The van der Waals surface area contributed by atoms with E-state index in [2.05, 4.69) is 10.6 Å².